The van der Waals surface area contributed by atoms with Gasteiger partial charge in [0.2, 0.25) is 0 Å². The van der Waals surface area contributed by atoms with Crippen molar-refractivity contribution >= 4 is 23.2 Å². The van der Waals surface area contributed by atoms with Crippen LogP contribution in [0.3, 0.4) is 0 Å². The van der Waals surface area contributed by atoms with E-state index in [-0.39, 0.29) is 18.4 Å². The highest BCUT2D eigenvalue weighted by molar-refractivity contribution is 5.85. The van der Waals surface area contributed by atoms with Crippen LogP contribution in [-0.4, -0.2) is 0 Å². The van der Waals surface area contributed by atoms with Crippen LogP contribution < -0.4 is 5.73 Å². The summed E-state index contributed by atoms with van der Waals surface area (Å²) < 4.78 is 0. The Labute approximate surface area is 109 Å². The number of benzene rings is 2. The fourth-order valence-corrected chi connectivity index (χ4v) is 2.08. The number of hydrogen-bond donors (Lipinski definition) is 1. The molecule has 1 atom stereocenters. The van der Waals surface area contributed by atoms with Crippen LogP contribution in [0.2, 0.25) is 0 Å². The first-order valence-corrected chi connectivity index (χ1v) is 5.91. The molecule has 2 rings (SSSR count). The third kappa shape index (κ3) is 3.45. The molecule has 0 aromatic heterocycles. The summed E-state index contributed by atoms with van der Waals surface area (Å²) in [5, 5.41) is 2.56. The van der Waals surface area contributed by atoms with Crippen molar-refractivity contribution in [1.82, 2.24) is 0 Å². The van der Waals surface area contributed by atoms with Crippen molar-refractivity contribution in [3.8, 4) is 0 Å². The molecule has 0 amide bonds. The second kappa shape index (κ2) is 6.04. The van der Waals surface area contributed by atoms with Gasteiger partial charge in [0.1, 0.15) is 0 Å². The number of fused-ring (bicyclic) bond motifs is 1. The van der Waals surface area contributed by atoms with Crippen molar-refractivity contribution in [1.29, 1.82) is 0 Å². The quantitative estimate of drug-likeness (QED) is 0.862. The first kappa shape index (κ1) is 14.0. The highest BCUT2D eigenvalue weighted by Gasteiger charge is 2.08. The van der Waals surface area contributed by atoms with E-state index in [0.717, 1.165) is 6.42 Å². The third-order valence-corrected chi connectivity index (χ3v) is 2.93. The maximum absolute atomic E-state index is 6.19. The molecule has 2 aromatic rings. The molecular formula is C15H20ClN. The molecule has 92 valence electrons. The van der Waals surface area contributed by atoms with Gasteiger partial charge in [-0.25, -0.2) is 0 Å². The SMILES string of the molecule is CC(C)C[C@@H](N)c1ccc2ccccc2c1.Cl. The Morgan fingerprint density at radius 1 is 1.00 bits per heavy atom. The summed E-state index contributed by atoms with van der Waals surface area (Å²) >= 11 is 0. The second-order valence-corrected chi connectivity index (χ2v) is 4.84. The van der Waals surface area contributed by atoms with Gasteiger partial charge in [-0.15, -0.1) is 12.4 Å². The lowest BCUT2D eigenvalue weighted by Crippen LogP contribution is -2.12. The highest BCUT2D eigenvalue weighted by Crippen LogP contribution is 2.23. The summed E-state index contributed by atoms with van der Waals surface area (Å²) in [6, 6.07) is 15.1. The molecule has 0 bridgehead atoms. The molecule has 0 saturated heterocycles. The summed E-state index contributed by atoms with van der Waals surface area (Å²) in [6.07, 6.45) is 1.04. The first-order valence-electron chi connectivity index (χ1n) is 5.91. The zero-order valence-corrected chi connectivity index (χ0v) is 11.2. The molecule has 0 saturated carbocycles. The molecule has 0 aliphatic carbocycles. The molecule has 0 fully saturated rings. The van der Waals surface area contributed by atoms with Crippen LogP contribution in [0.4, 0.5) is 0 Å². The number of rotatable bonds is 3. The number of halogens is 1. The van der Waals surface area contributed by atoms with E-state index in [1.165, 1.54) is 16.3 Å². The standard InChI is InChI=1S/C15H19N.ClH/c1-11(2)9-15(16)14-8-7-12-5-3-4-6-13(12)10-14;/h3-8,10-11,15H,9,16H2,1-2H3;1H/t15-;/m1./s1. The predicted octanol–water partition coefficient (Wildman–Crippen LogP) is 4.31. The summed E-state index contributed by atoms with van der Waals surface area (Å²) in [7, 11) is 0. The van der Waals surface area contributed by atoms with E-state index in [2.05, 4.69) is 56.3 Å². The third-order valence-electron chi connectivity index (χ3n) is 2.93. The van der Waals surface area contributed by atoms with Crippen molar-refractivity contribution in [3.63, 3.8) is 0 Å². The summed E-state index contributed by atoms with van der Waals surface area (Å²) in [4.78, 5) is 0. The van der Waals surface area contributed by atoms with Gasteiger partial charge in [0.05, 0.1) is 0 Å². The minimum Gasteiger partial charge on any atom is -0.324 e. The van der Waals surface area contributed by atoms with E-state index in [4.69, 9.17) is 5.73 Å². The lowest BCUT2D eigenvalue weighted by Gasteiger charge is -2.15. The lowest BCUT2D eigenvalue weighted by molar-refractivity contribution is 0.510. The topological polar surface area (TPSA) is 26.0 Å². The van der Waals surface area contributed by atoms with E-state index in [1.54, 1.807) is 0 Å². The molecule has 0 heterocycles. The molecule has 17 heavy (non-hydrogen) atoms. The van der Waals surface area contributed by atoms with Crippen molar-refractivity contribution in [2.24, 2.45) is 11.7 Å². The van der Waals surface area contributed by atoms with E-state index in [1.807, 2.05) is 0 Å². The summed E-state index contributed by atoms with van der Waals surface area (Å²) in [5.74, 6) is 0.640. The lowest BCUT2D eigenvalue weighted by atomic mass is 9.96. The van der Waals surface area contributed by atoms with Gasteiger partial charge in [-0.1, -0.05) is 50.2 Å². The summed E-state index contributed by atoms with van der Waals surface area (Å²) in [5.41, 5.74) is 7.43. The molecule has 2 N–H and O–H groups in total. The largest absolute Gasteiger partial charge is 0.324 e. The molecular weight excluding hydrogens is 230 g/mol. The Morgan fingerprint density at radius 3 is 2.29 bits per heavy atom. The second-order valence-electron chi connectivity index (χ2n) is 4.84. The van der Waals surface area contributed by atoms with E-state index in [9.17, 15) is 0 Å². The average molecular weight is 250 g/mol. The number of hydrogen-bond acceptors (Lipinski definition) is 1. The van der Waals surface area contributed by atoms with Crippen LogP contribution >= 0.6 is 12.4 Å². The molecule has 0 radical (unpaired) electrons. The predicted molar refractivity (Wildman–Crippen MR) is 77.6 cm³/mol. The van der Waals surface area contributed by atoms with Crippen molar-refractivity contribution in [2.45, 2.75) is 26.3 Å². The normalized spacial score (nSPS) is 12.5. The highest BCUT2D eigenvalue weighted by atomic mass is 35.5. The van der Waals surface area contributed by atoms with Crippen molar-refractivity contribution in [3.05, 3.63) is 48.0 Å². The molecule has 0 aliphatic heterocycles. The fourth-order valence-electron chi connectivity index (χ4n) is 2.08. The van der Waals surface area contributed by atoms with Crippen LogP contribution in [-0.2, 0) is 0 Å². The van der Waals surface area contributed by atoms with Crippen LogP contribution in [0.5, 0.6) is 0 Å². The maximum Gasteiger partial charge on any atom is 0.0297 e. The average Bonchev–Trinajstić information content (AvgIpc) is 2.27. The van der Waals surface area contributed by atoms with Crippen LogP contribution in [0, 0.1) is 5.92 Å². The van der Waals surface area contributed by atoms with Gasteiger partial charge in [-0.3, -0.25) is 0 Å². The number of nitrogens with two attached hydrogens (primary N) is 1. The van der Waals surface area contributed by atoms with Gasteiger partial charge in [0, 0.05) is 6.04 Å². The molecule has 0 aliphatic rings. The van der Waals surface area contributed by atoms with Crippen molar-refractivity contribution < 1.29 is 0 Å². The van der Waals surface area contributed by atoms with E-state index in [0.29, 0.717) is 5.92 Å². The Balaban J connectivity index is 0.00000144. The van der Waals surface area contributed by atoms with E-state index < -0.39 is 0 Å². The molecule has 2 aromatic carbocycles. The Hall–Kier alpha value is -1.05. The minimum atomic E-state index is 0. The van der Waals surface area contributed by atoms with Gasteiger partial charge in [0.15, 0.2) is 0 Å². The van der Waals surface area contributed by atoms with Gasteiger partial charge >= 0.3 is 0 Å². The minimum absolute atomic E-state index is 0. The van der Waals surface area contributed by atoms with Crippen LogP contribution in [0.15, 0.2) is 42.5 Å². The monoisotopic (exact) mass is 249 g/mol. The van der Waals surface area contributed by atoms with Gasteiger partial charge in [0.25, 0.3) is 0 Å². The molecule has 2 heteroatoms. The van der Waals surface area contributed by atoms with Gasteiger partial charge in [-0.05, 0) is 34.7 Å². The smallest absolute Gasteiger partial charge is 0.0297 e. The Kier molecular flexibility index (Phi) is 4.98. The fraction of sp³-hybridized carbons (Fsp3) is 0.333. The van der Waals surface area contributed by atoms with Crippen LogP contribution in [0.25, 0.3) is 10.8 Å². The molecule has 0 spiro atoms. The van der Waals surface area contributed by atoms with Crippen molar-refractivity contribution in [2.75, 3.05) is 0 Å². The Bertz CT molecular complexity index is 479. The molecule has 0 unspecified atom stereocenters. The van der Waals surface area contributed by atoms with Crippen LogP contribution in [0.1, 0.15) is 31.9 Å². The summed E-state index contributed by atoms with van der Waals surface area (Å²) in [6.45, 7) is 4.42. The Morgan fingerprint density at radius 2 is 1.65 bits per heavy atom. The zero-order chi connectivity index (χ0) is 11.5. The zero-order valence-electron chi connectivity index (χ0n) is 10.4. The first-order chi connectivity index (χ1) is 7.66. The van der Waals surface area contributed by atoms with Gasteiger partial charge in [-0.2, -0.15) is 0 Å². The van der Waals surface area contributed by atoms with Gasteiger partial charge < -0.3 is 5.73 Å². The molecule has 1 nitrogen and oxygen atoms in total. The van der Waals surface area contributed by atoms with E-state index >= 15 is 0 Å². The maximum atomic E-state index is 6.19.